The van der Waals surface area contributed by atoms with Gasteiger partial charge < -0.3 is 14.4 Å². The Labute approximate surface area is 149 Å². The van der Waals surface area contributed by atoms with Gasteiger partial charge in [0.1, 0.15) is 17.3 Å². The van der Waals surface area contributed by atoms with E-state index in [9.17, 15) is 14.0 Å². The van der Waals surface area contributed by atoms with E-state index in [0.717, 1.165) is 0 Å². The van der Waals surface area contributed by atoms with Crippen molar-refractivity contribution in [3.05, 3.63) is 41.2 Å². The molecule has 0 unspecified atom stereocenters. The number of nitrogens with zero attached hydrogens (tertiary/aromatic N) is 1. The van der Waals surface area contributed by atoms with Gasteiger partial charge in [-0.2, -0.15) is 0 Å². The second-order valence-electron chi connectivity index (χ2n) is 6.59. The van der Waals surface area contributed by atoms with Gasteiger partial charge in [-0.25, -0.2) is 4.39 Å². The van der Waals surface area contributed by atoms with Crippen LogP contribution in [0.1, 0.15) is 13.3 Å². The fourth-order valence-electron chi connectivity index (χ4n) is 3.94. The molecule has 2 fully saturated rings. The molecule has 1 amide bonds. The van der Waals surface area contributed by atoms with E-state index in [-0.39, 0.29) is 17.5 Å². The summed E-state index contributed by atoms with van der Waals surface area (Å²) in [6, 6.07) is 4.21. The highest BCUT2D eigenvalue weighted by Crippen LogP contribution is 2.53. The molecule has 0 aromatic heterocycles. The zero-order valence-electron chi connectivity index (χ0n) is 13.6. The minimum Gasteiger partial charge on any atom is -0.465 e. The molecule has 1 aromatic rings. The molecule has 25 heavy (non-hydrogen) atoms. The molecule has 2 bridgehead atoms. The Morgan fingerprint density at radius 3 is 3.04 bits per heavy atom. The summed E-state index contributed by atoms with van der Waals surface area (Å²) in [6.07, 6.45) is 3.92. The Morgan fingerprint density at radius 2 is 2.32 bits per heavy atom. The zero-order chi connectivity index (χ0) is 17.8. The Morgan fingerprint density at radius 1 is 1.52 bits per heavy atom. The minimum absolute atomic E-state index is 0.00755. The molecule has 3 aliphatic rings. The quantitative estimate of drug-likeness (QED) is 0.608. The molecule has 5 nitrogen and oxygen atoms in total. The van der Waals surface area contributed by atoms with Crippen molar-refractivity contribution in [3.8, 4) is 0 Å². The summed E-state index contributed by atoms with van der Waals surface area (Å²) < 4.78 is 25.0. The fourth-order valence-corrected chi connectivity index (χ4v) is 4.06. The molecule has 4 rings (SSSR count). The van der Waals surface area contributed by atoms with Crippen LogP contribution in [0.4, 0.5) is 10.1 Å². The summed E-state index contributed by atoms with van der Waals surface area (Å²) in [7, 11) is 0. The van der Waals surface area contributed by atoms with Gasteiger partial charge in [0.05, 0.1) is 30.2 Å². The maximum Gasteiger partial charge on any atom is 0.312 e. The van der Waals surface area contributed by atoms with E-state index in [4.69, 9.17) is 21.1 Å². The van der Waals surface area contributed by atoms with Crippen molar-refractivity contribution in [3.63, 3.8) is 0 Å². The first-order valence-corrected chi connectivity index (χ1v) is 8.65. The number of ether oxygens (including phenoxy) is 2. The van der Waals surface area contributed by atoms with E-state index in [1.54, 1.807) is 6.07 Å². The SMILES string of the molecule is CCCOC(=O)[C@@H]1[C@@H]2C=C[C@]3(CN(c4ccc(Cl)c(F)c4)C(=O)[C@H]13)O2. The third-order valence-corrected chi connectivity index (χ3v) is 5.34. The highest BCUT2D eigenvalue weighted by Gasteiger charge is 2.67. The Kier molecular flexibility index (Phi) is 3.85. The van der Waals surface area contributed by atoms with Gasteiger partial charge in [0.2, 0.25) is 5.91 Å². The summed E-state index contributed by atoms with van der Waals surface area (Å²) in [4.78, 5) is 26.9. The van der Waals surface area contributed by atoms with Crippen LogP contribution in [0.3, 0.4) is 0 Å². The number of amides is 1. The van der Waals surface area contributed by atoms with Gasteiger partial charge in [-0.15, -0.1) is 0 Å². The van der Waals surface area contributed by atoms with Crippen LogP contribution in [0, 0.1) is 17.7 Å². The van der Waals surface area contributed by atoms with Crippen molar-refractivity contribution in [1.82, 2.24) is 0 Å². The number of hydrogen-bond acceptors (Lipinski definition) is 4. The number of fused-ring (bicyclic) bond motifs is 1. The summed E-state index contributed by atoms with van der Waals surface area (Å²) in [6.45, 7) is 2.46. The normalized spacial score (nSPS) is 32.4. The first kappa shape index (κ1) is 16.5. The van der Waals surface area contributed by atoms with E-state index >= 15 is 0 Å². The molecule has 2 saturated heterocycles. The van der Waals surface area contributed by atoms with Crippen molar-refractivity contribution in [2.45, 2.75) is 25.0 Å². The molecule has 0 aliphatic carbocycles. The number of carbonyl (C=O) groups excluding carboxylic acids is 2. The first-order valence-electron chi connectivity index (χ1n) is 8.27. The Balaban J connectivity index is 1.65. The van der Waals surface area contributed by atoms with Gasteiger partial charge in [-0.3, -0.25) is 9.59 Å². The zero-order valence-corrected chi connectivity index (χ0v) is 14.3. The third kappa shape index (κ3) is 2.39. The average Bonchev–Trinajstić information content (AvgIpc) is 3.23. The second kappa shape index (κ2) is 5.81. The van der Waals surface area contributed by atoms with Crippen LogP contribution in [0.5, 0.6) is 0 Å². The van der Waals surface area contributed by atoms with Crippen LogP contribution in [-0.4, -0.2) is 36.7 Å². The molecule has 3 heterocycles. The number of hydrogen-bond donors (Lipinski definition) is 0. The van der Waals surface area contributed by atoms with Crippen LogP contribution in [0.25, 0.3) is 0 Å². The number of halogens is 2. The lowest BCUT2D eigenvalue weighted by Gasteiger charge is -2.22. The molecular weight excluding hydrogens is 349 g/mol. The van der Waals surface area contributed by atoms with Crippen molar-refractivity contribution in [2.24, 2.45) is 11.8 Å². The Bertz CT molecular complexity index is 782. The molecule has 0 saturated carbocycles. The maximum atomic E-state index is 13.8. The van der Waals surface area contributed by atoms with Gasteiger partial charge in [0.15, 0.2) is 0 Å². The van der Waals surface area contributed by atoms with E-state index in [2.05, 4.69) is 0 Å². The predicted molar refractivity (Wildman–Crippen MR) is 88.7 cm³/mol. The van der Waals surface area contributed by atoms with E-state index in [1.807, 2.05) is 19.1 Å². The lowest BCUT2D eigenvalue weighted by molar-refractivity contribution is -0.152. The summed E-state index contributed by atoms with van der Waals surface area (Å²) in [5.74, 6) is -2.58. The summed E-state index contributed by atoms with van der Waals surface area (Å²) >= 11 is 5.72. The van der Waals surface area contributed by atoms with Crippen LogP contribution in [0.2, 0.25) is 5.02 Å². The lowest BCUT2D eigenvalue weighted by atomic mass is 9.77. The van der Waals surface area contributed by atoms with Crippen LogP contribution < -0.4 is 4.90 Å². The highest BCUT2D eigenvalue weighted by molar-refractivity contribution is 6.30. The van der Waals surface area contributed by atoms with Gasteiger partial charge in [-0.1, -0.05) is 30.7 Å². The van der Waals surface area contributed by atoms with Crippen LogP contribution >= 0.6 is 11.6 Å². The average molecular weight is 366 g/mol. The molecule has 3 aliphatic heterocycles. The van der Waals surface area contributed by atoms with Crippen LogP contribution in [0.15, 0.2) is 30.4 Å². The molecular formula is C18H17ClFNO4. The van der Waals surface area contributed by atoms with Crippen LogP contribution in [-0.2, 0) is 19.1 Å². The summed E-state index contributed by atoms with van der Waals surface area (Å²) in [5.41, 5.74) is -0.454. The van der Waals surface area contributed by atoms with Gasteiger partial charge in [-0.05, 0) is 24.6 Å². The number of esters is 1. The Hall–Kier alpha value is -1.92. The molecule has 4 atom stereocenters. The van der Waals surface area contributed by atoms with E-state index in [1.165, 1.54) is 17.0 Å². The molecule has 7 heteroatoms. The minimum atomic E-state index is -0.853. The van der Waals surface area contributed by atoms with Crippen molar-refractivity contribution in [2.75, 3.05) is 18.1 Å². The fraction of sp³-hybridized carbons (Fsp3) is 0.444. The van der Waals surface area contributed by atoms with Crippen molar-refractivity contribution in [1.29, 1.82) is 0 Å². The standard InChI is InChI=1S/C18H17ClFNO4/c1-2-7-24-17(23)14-13-5-6-18(25-13)9-21(16(22)15(14)18)10-3-4-11(19)12(20)8-10/h3-6,8,13-15H,2,7,9H2,1H3/t13-,14+,15-,18+/m0/s1. The molecule has 1 spiro atoms. The lowest BCUT2D eigenvalue weighted by Crippen LogP contribution is -2.40. The van der Waals surface area contributed by atoms with E-state index in [0.29, 0.717) is 18.7 Å². The topological polar surface area (TPSA) is 55.8 Å². The van der Waals surface area contributed by atoms with Crippen molar-refractivity contribution < 1.29 is 23.5 Å². The number of benzene rings is 1. The van der Waals surface area contributed by atoms with Gasteiger partial charge in [0, 0.05) is 5.69 Å². The monoisotopic (exact) mass is 365 g/mol. The third-order valence-electron chi connectivity index (χ3n) is 5.04. The highest BCUT2D eigenvalue weighted by atomic mass is 35.5. The second-order valence-corrected chi connectivity index (χ2v) is 7.00. The first-order chi connectivity index (χ1) is 12.0. The maximum absolute atomic E-state index is 13.8. The number of rotatable bonds is 4. The van der Waals surface area contributed by atoms with Gasteiger partial charge >= 0.3 is 5.97 Å². The predicted octanol–water partition coefficient (Wildman–Crippen LogP) is 2.72. The number of anilines is 1. The largest absolute Gasteiger partial charge is 0.465 e. The summed E-state index contributed by atoms with van der Waals surface area (Å²) in [5, 5.41) is -0.00755. The molecule has 0 N–H and O–H groups in total. The van der Waals surface area contributed by atoms with Crippen molar-refractivity contribution >= 4 is 29.2 Å². The molecule has 132 valence electrons. The molecule has 0 radical (unpaired) electrons. The van der Waals surface area contributed by atoms with E-state index < -0.39 is 35.3 Å². The smallest absolute Gasteiger partial charge is 0.312 e. The number of carbonyl (C=O) groups is 2. The van der Waals surface area contributed by atoms with Gasteiger partial charge in [0.25, 0.3) is 0 Å². The molecule has 1 aromatic carbocycles.